The lowest BCUT2D eigenvalue weighted by atomic mass is 9.95. The molecule has 2 heterocycles. The molecular formula is C14H18N2O. The maximum atomic E-state index is 5.31. The van der Waals surface area contributed by atoms with E-state index in [4.69, 9.17) is 4.74 Å². The monoisotopic (exact) mass is 230 g/mol. The molecule has 0 fully saturated rings. The van der Waals surface area contributed by atoms with Gasteiger partial charge in [-0.05, 0) is 44.0 Å². The predicted octanol–water partition coefficient (Wildman–Crippen LogP) is 2.77. The van der Waals surface area contributed by atoms with Crippen molar-refractivity contribution in [3.8, 4) is 5.75 Å². The average Bonchev–Trinajstić information content (AvgIpc) is 2.67. The minimum Gasteiger partial charge on any atom is -0.497 e. The van der Waals surface area contributed by atoms with Gasteiger partial charge >= 0.3 is 0 Å². The third-order valence-electron chi connectivity index (χ3n) is 3.62. The van der Waals surface area contributed by atoms with Gasteiger partial charge in [-0.2, -0.15) is 0 Å². The second-order valence-corrected chi connectivity index (χ2v) is 4.92. The van der Waals surface area contributed by atoms with Crippen LogP contribution >= 0.6 is 0 Å². The summed E-state index contributed by atoms with van der Waals surface area (Å²) in [6, 6.07) is 7.17. The molecule has 0 radical (unpaired) electrons. The molecule has 1 aliphatic heterocycles. The molecule has 0 spiro atoms. The molecule has 0 aliphatic carbocycles. The number of aromatic nitrogens is 1. The van der Waals surface area contributed by atoms with Gasteiger partial charge in [-0.3, -0.25) is 0 Å². The van der Waals surface area contributed by atoms with Crippen LogP contribution in [0.5, 0.6) is 5.75 Å². The van der Waals surface area contributed by atoms with Crippen molar-refractivity contribution in [2.75, 3.05) is 7.11 Å². The molecule has 17 heavy (non-hydrogen) atoms. The molecule has 3 heteroatoms. The van der Waals surface area contributed by atoms with Crippen LogP contribution < -0.4 is 10.1 Å². The molecule has 2 aromatic rings. The van der Waals surface area contributed by atoms with Crippen molar-refractivity contribution in [3.05, 3.63) is 29.5 Å². The molecule has 2 atom stereocenters. The Labute approximate surface area is 101 Å². The van der Waals surface area contributed by atoms with Gasteiger partial charge in [0.1, 0.15) is 5.75 Å². The van der Waals surface area contributed by atoms with Crippen LogP contribution in [0.3, 0.4) is 0 Å². The zero-order valence-corrected chi connectivity index (χ0v) is 10.5. The molecule has 0 amide bonds. The number of benzene rings is 1. The van der Waals surface area contributed by atoms with Gasteiger partial charge in [-0.1, -0.05) is 0 Å². The van der Waals surface area contributed by atoms with Crippen LogP contribution in [0.15, 0.2) is 18.2 Å². The first-order chi connectivity index (χ1) is 8.19. The minimum absolute atomic E-state index is 0.396. The molecule has 0 bridgehead atoms. The number of fused-ring (bicyclic) bond motifs is 3. The second-order valence-electron chi connectivity index (χ2n) is 4.92. The van der Waals surface area contributed by atoms with Crippen molar-refractivity contribution in [1.82, 2.24) is 10.3 Å². The molecule has 1 aromatic heterocycles. The van der Waals surface area contributed by atoms with E-state index in [9.17, 15) is 0 Å². The second kappa shape index (κ2) is 3.77. The summed E-state index contributed by atoms with van der Waals surface area (Å²) in [6.07, 6.45) is 1.08. The fraction of sp³-hybridized carbons (Fsp3) is 0.429. The van der Waals surface area contributed by atoms with Crippen LogP contribution in [-0.2, 0) is 6.42 Å². The van der Waals surface area contributed by atoms with Crippen LogP contribution in [0.4, 0.5) is 0 Å². The van der Waals surface area contributed by atoms with Crippen molar-refractivity contribution in [1.29, 1.82) is 0 Å². The predicted molar refractivity (Wildman–Crippen MR) is 69.6 cm³/mol. The summed E-state index contributed by atoms with van der Waals surface area (Å²) >= 11 is 0. The van der Waals surface area contributed by atoms with E-state index in [1.54, 1.807) is 7.11 Å². The van der Waals surface area contributed by atoms with Gasteiger partial charge in [0.2, 0.25) is 0 Å². The SMILES string of the molecule is COc1ccc2[nH]c3c(c2c1)C[C@@H](C)N[C@H]3C. The van der Waals surface area contributed by atoms with E-state index in [1.807, 2.05) is 6.07 Å². The maximum Gasteiger partial charge on any atom is 0.119 e. The Morgan fingerprint density at radius 2 is 2.12 bits per heavy atom. The van der Waals surface area contributed by atoms with Gasteiger partial charge in [0.25, 0.3) is 0 Å². The summed E-state index contributed by atoms with van der Waals surface area (Å²) in [7, 11) is 1.72. The van der Waals surface area contributed by atoms with Gasteiger partial charge in [0.15, 0.2) is 0 Å². The van der Waals surface area contributed by atoms with Crippen molar-refractivity contribution in [3.63, 3.8) is 0 Å². The van der Waals surface area contributed by atoms with E-state index in [0.717, 1.165) is 12.2 Å². The van der Waals surface area contributed by atoms with Gasteiger partial charge in [0.05, 0.1) is 7.11 Å². The summed E-state index contributed by atoms with van der Waals surface area (Å²) in [5.74, 6) is 0.929. The highest BCUT2D eigenvalue weighted by atomic mass is 16.5. The van der Waals surface area contributed by atoms with E-state index < -0.39 is 0 Å². The van der Waals surface area contributed by atoms with Crippen molar-refractivity contribution in [2.45, 2.75) is 32.4 Å². The Bertz CT molecular complexity index is 559. The van der Waals surface area contributed by atoms with E-state index in [-0.39, 0.29) is 0 Å². The number of hydrogen-bond donors (Lipinski definition) is 2. The third-order valence-corrected chi connectivity index (χ3v) is 3.62. The summed E-state index contributed by atoms with van der Waals surface area (Å²) < 4.78 is 5.31. The number of H-pyrrole nitrogens is 1. The molecule has 1 aromatic carbocycles. The number of hydrogen-bond acceptors (Lipinski definition) is 2. The quantitative estimate of drug-likeness (QED) is 0.790. The Hall–Kier alpha value is -1.48. The zero-order valence-electron chi connectivity index (χ0n) is 10.5. The van der Waals surface area contributed by atoms with Gasteiger partial charge in [-0.25, -0.2) is 0 Å². The molecule has 1 aliphatic rings. The normalized spacial score (nSPS) is 23.7. The Balaban J connectivity index is 2.22. The average molecular weight is 230 g/mol. The lowest BCUT2D eigenvalue weighted by Crippen LogP contribution is -2.35. The van der Waals surface area contributed by atoms with Crippen LogP contribution in [0.2, 0.25) is 0 Å². The molecule has 3 nitrogen and oxygen atoms in total. The number of rotatable bonds is 1. The Morgan fingerprint density at radius 3 is 2.88 bits per heavy atom. The lowest BCUT2D eigenvalue weighted by molar-refractivity contribution is 0.415. The summed E-state index contributed by atoms with van der Waals surface area (Å²) in [4.78, 5) is 3.52. The first-order valence-electron chi connectivity index (χ1n) is 6.13. The van der Waals surface area contributed by atoms with Crippen molar-refractivity contribution in [2.24, 2.45) is 0 Å². The smallest absolute Gasteiger partial charge is 0.119 e. The summed E-state index contributed by atoms with van der Waals surface area (Å²) in [5, 5.41) is 4.87. The Kier molecular flexibility index (Phi) is 2.37. The number of nitrogens with one attached hydrogen (secondary N) is 2. The van der Waals surface area contributed by atoms with Gasteiger partial charge < -0.3 is 15.0 Å². The van der Waals surface area contributed by atoms with E-state index in [0.29, 0.717) is 12.1 Å². The van der Waals surface area contributed by atoms with Crippen LogP contribution in [-0.4, -0.2) is 18.1 Å². The maximum absolute atomic E-state index is 5.31. The Morgan fingerprint density at radius 1 is 1.29 bits per heavy atom. The molecule has 2 N–H and O–H groups in total. The summed E-state index contributed by atoms with van der Waals surface area (Å²) in [5.41, 5.74) is 3.97. The highest BCUT2D eigenvalue weighted by Gasteiger charge is 2.24. The highest BCUT2D eigenvalue weighted by molar-refractivity contribution is 5.86. The number of methoxy groups -OCH3 is 1. The first-order valence-corrected chi connectivity index (χ1v) is 6.13. The number of aromatic amines is 1. The molecule has 90 valence electrons. The molecule has 3 rings (SSSR count). The molecular weight excluding hydrogens is 212 g/mol. The van der Waals surface area contributed by atoms with E-state index in [1.165, 1.54) is 22.2 Å². The zero-order chi connectivity index (χ0) is 12.0. The van der Waals surface area contributed by atoms with Gasteiger partial charge in [-0.15, -0.1) is 0 Å². The largest absolute Gasteiger partial charge is 0.497 e. The van der Waals surface area contributed by atoms with Crippen molar-refractivity contribution < 1.29 is 4.74 Å². The molecule has 0 saturated heterocycles. The van der Waals surface area contributed by atoms with Gasteiger partial charge in [0, 0.05) is 28.7 Å². The number of ether oxygens (including phenoxy) is 1. The summed E-state index contributed by atoms with van der Waals surface area (Å²) in [6.45, 7) is 4.44. The topological polar surface area (TPSA) is 37.0 Å². The lowest BCUT2D eigenvalue weighted by Gasteiger charge is -2.26. The standard InChI is InChI=1S/C14H18N2O/c1-8-6-12-11-7-10(17-3)4-5-13(11)16-14(12)9(2)15-8/h4-5,7-9,15-16H,6H2,1-3H3/t8-,9+/m1/s1. The third kappa shape index (κ3) is 1.62. The first kappa shape index (κ1) is 10.7. The van der Waals surface area contributed by atoms with Crippen LogP contribution in [0.25, 0.3) is 10.9 Å². The fourth-order valence-corrected chi connectivity index (χ4v) is 2.84. The fourth-order valence-electron chi connectivity index (χ4n) is 2.84. The van der Waals surface area contributed by atoms with Crippen LogP contribution in [0.1, 0.15) is 31.1 Å². The molecule has 0 unspecified atom stereocenters. The molecule has 0 saturated carbocycles. The highest BCUT2D eigenvalue weighted by Crippen LogP contribution is 2.33. The van der Waals surface area contributed by atoms with E-state index in [2.05, 4.69) is 36.3 Å². The van der Waals surface area contributed by atoms with E-state index >= 15 is 0 Å². The van der Waals surface area contributed by atoms with Crippen molar-refractivity contribution >= 4 is 10.9 Å². The van der Waals surface area contributed by atoms with Crippen LogP contribution in [0, 0.1) is 0 Å². The minimum atomic E-state index is 0.396.